The molecule has 140 valence electrons. The molecule has 0 spiro atoms. The Kier molecular flexibility index (Phi) is 5.33. The van der Waals surface area contributed by atoms with Gasteiger partial charge in [-0.25, -0.2) is 19.9 Å². The fraction of sp³-hybridized carbons (Fsp3) is 0.190. The summed E-state index contributed by atoms with van der Waals surface area (Å²) < 4.78 is 1.76. The van der Waals surface area contributed by atoms with Crippen molar-refractivity contribution < 1.29 is 0 Å². The predicted molar refractivity (Wildman–Crippen MR) is 108 cm³/mol. The molecule has 4 rings (SSSR count). The molecule has 0 unspecified atom stereocenters. The molecule has 0 atom stereocenters. The van der Waals surface area contributed by atoms with Crippen LogP contribution in [0.3, 0.4) is 0 Å². The topological polar surface area (TPSA) is 81.4 Å². The zero-order valence-corrected chi connectivity index (χ0v) is 15.7. The molecule has 7 heteroatoms. The van der Waals surface area contributed by atoms with Crippen LogP contribution in [0.25, 0.3) is 17.2 Å². The second kappa shape index (κ2) is 8.39. The van der Waals surface area contributed by atoms with Gasteiger partial charge in [-0.2, -0.15) is 4.68 Å². The molecule has 0 aliphatic heterocycles. The van der Waals surface area contributed by atoms with E-state index in [2.05, 4.69) is 32.4 Å². The molecule has 0 fully saturated rings. The van der Waals surface area contributed by atoms with Crippen LogP contribution in [0.2, 0.25) is 0 Å². The number of benzene rings is 1. The first kappa shape index (κ1) is 17.8. The van der Waals surface area contributed by atoms with Crippen molar-refractivity contribution in [2.24, 2.45) is 0 Å². The van der Waals surface area contributed by atoms with Crippen LogP contribution in [0, 0.1) is 0 Å². The van der Waals surface area contributed by atoms with Crippen molar-refractivity contribution in [2.75, 3.05) is 11.9 Å². The zero-order valence-electron chi connectivity index (χ0n) is 15.7. The maximum Gasteiger partial charge on any atom is 0.222 e. The van der Waals surface area contributed by atoms with Gasteiger partial charge in [0.25, 0.3) is 0 Å². The molecule has 0 bridgehead atoms. The first-order chi connectivity index (χ1) is 13.8. The number of rotatable bonds is 7. The van der Waals surface area contributed by atoms with E-state index in [0.29, 0.717) is 17.6 Å². The number of nitrogens with one attached hydrogen (secondary N) is 1. The Morgan fingerprint density at radius 1 is 0.893 bits per heavy atom. The van der Waals surface area contributed by atoms with E-state index in [1.54, 1.807) is 23.3 Å². The molecule has 0 saturated carbocycles. The van der Waals surface area contributed by atoms with E-state index in [0.717, 1.165) is 30.8 Å². The van der Waals surface area contributed by atoms with Crippen LogP contribution in [-0.4, -0.2) is 36.3 Å². The van der Waals surface area contributed by atoms with E-state index < -0.39 is 0 Å². The summed E-state index contributed by atoms with van der Waals surface area (Å²) in [6.07, 6.45) is 6.88. The van der Waals surface area contributed by atoms with Crippen LogP contribution in [0.5, 0.6) is 0 Å². The minimum atomic E-state index is 0.597. The Morgan fingerprint density at radius 3 is 2.39 bits per heavy atom. The Labute approximate surface area is 163 Å². The lowest BCUT2D eigenvalue weighted by atomic mass is 10.1. The second-order valence-electron chi connectivity index (χ2n) is 6.26. The highest BCUT2D eigenvalue weighted by Gasteiger charge is 2.15. The molecule has 7 nitrogen and oxygen atoms in total. The number of pyridine rings is 1. The third-order valence-corrected chi connectivity index (χ3v) is 4.24. The highest BCUT2D eigenvalue weighted by atomic mass is 15.4. The van der Waals surface area contributed by atoms with Gasteiger partial charge in [-0.3, -0.25) is 0 Å². The summed E-state index contributed by atoms with van der Waals surface area (Å²) in [5.74, 6) is 2.76. The molecular formula is C21H21N7. The number of hydrogen-bond donors (Lipinski definition) is 1. The van der Waals surface area contributed by atoms with Crippen molar-refractivity contribution in [1.82, 2.24) is 29.7 Å². The third kappa shape index (κ3) is 4.03. The van der Waals surface area contributed by atoms with Crippen LogP contribution in [0.1, 0.15) is 18.3 Å². The molecule has 3 heterocycles. The van der Waals surface area contributed by atoms with Gasteiger partial charge in [0.2, 0.25) is 5.95 Å². The Hall–Kier alpha value is -3.61. The third-order valence-electron chi connectivity index (χ3n) is 4.24. The van der Waals surface area contributed by atoms with Crippen molar-refractivity contribution in [2.45, 2.75) is 19.8 Å². The van der Waals surface area contributed by atoms with Gasteiger partial charge in [-0.1, -0.05) is 36.4 Å². The zero-order chi connectivity index (χ0) is 19.2. The monoisotopic (exact) mass is 371 g/mol. The molecular weight excluding hydrogens is 350 g/mol. The molecule has 0 amide bonds. The summed E-state index contributed by atoms with van der Waals surface area (Å²) in [6.45, 7) is 2.78. The summed E-state index contributed by atoms with van der Waals surface area (Å²) in [7, 11) is 0. The predicted octanol–water partition coefficient (Wildman–Crippen LogP) is 3.34. The van der Waals surface area contributed by atoms with Crippen LogP contribution in [-0.2, 0) is 12.8 Å². The highest BCUT2D eigenvalue weighted by Crippen LogP contribution is 2.20. The van der Waals surface area contributed by atoms with Crippen LogP contribution in [0.15, 0.2) is 67.1 Å². The molecule has 1 aromatic carbocycles. The lowest BCUT2D eigenvalue weighted by Crippen LogP contribution is -2.04. The molecule has 28 heavy (non-hydrogen) atoms. The highest BCUT2D eigenvalue weighted by molar-refractivity contribution is 5.55. The average molecular weight is 371 g/mol. The second-order valence-corrected chi connectivity index (χ2v) is 6.26. The molecule has 0 aliphatic rings. The van der Waals surface area contributed by atoms with Crippen molar-refractivity contribution in [3.05, 3.63) is 78.5 Å². The molecule has 0 radical (unpaired) electrons. The summed E-state index contributed by atoms with van der Waals surface area (Å²) in [6, 6.07) is 16.1. The Morgan fingerprint density at radius 2 is 1.68 bits per heavy atom. The van der Waals surface area contributed by atoms with E-state index in [-0.39, 0.29) is 0 Å². The van der Waals surface area contributed by atoms with Gasteiger partial charge in [0.05, 0.1) is 5.56 Å². The van der Waals surface area contributed by atoms with Crippen molar-refractivity contribution >= 4 is 5.95 Å². The van der Waals surface area contributed by atoms with Gasteiger partial charge >= 0.3 is 0 Å². The normalized spacial score (nSPS) is 10.8. The molecule has 1 N–H and O–H groups in total. The summed E-state index contributed by atoms with van der Waals surface area (Å²) in [4.78, 5) is 17.9. The fourth-order valence-corrected chi connectivity index (χ4v) is 2.88. The lowest BCUT2D eigenvalue weighted by molar-refractivity contribution is 0.797. The van der Waals surface area contributed by atoms with Gasteiger partial charge in [-0.05, 0) is 31.0 Å². The number of anilines is 1. The van der Waals surface area contributed by atoms with E-state index >= 15 is 0 Å². The largest absolute Gasteiger partial charge is 0.355 e. The molecule has 3 aromatic heterocycles. The molecule has 4 aromatic rings. The van der Waals surface area contributed by atoms with Gasteiger partial charge < -0.3 is 5.32 Å². The van der Waals surface area contributed by atoms with Crippen LogP contribution >= 0.6 is 0 Å². The summed E-state index contributed by atoms with van der Waals surface area (Å²) in [5.41, 5.74) is 2.06. The first-order valence-electron chi connectivity index (χ1n) is 9.31. The maximum absolute atomic E-state index is 4.76. The van der Waals surface area contributed by atoms with E-state index in [4.69, 9.17) is 10.1 Å². The van der Waals surface area contributed by atoms with E-state index in [1.807, 2.05) is 43.3 Å². The number of aromatic nitrogens is 6. The van der Waals surface area contributed by atoms with E-state index in [9.17, 15) is 0 Å². The standard InChI is InChI=1S/C21H21N7/c1-2-22-21-24-14-17(15-25-21)20-26-18(12-11-16-8-4-3-5-9-16)27-28(20)19-10-6-7-13-23-19/h3-10,13-15H,2,11-12H2,1H3,(H,22,24,25). The SMILES string of the molecule is CCNc1ncc(-c2nc(CCc3ccccc3)nn2-c2ccccn2)cn1. The van der Waals surface area contributed by atoms with Gasteiger partial charge in [0.15, 0.2) is 17.5 Å². The number of hydrogen-bond acceptors (Lipinski definition) is 6. The summed E-state index contributed by atoms with van der Waals surface area (Å²) >= 11 is 0. The van der Waals surface area contributed by atoms with Crippen molar-refractivity contribution in [1.29, 1.82) is 0 Å². The van der Waals surface area contributed by atoms with E-state index in [1.165, 1.54) is 5.56 Å². The Bertz CT molecular complexity index is 1010. The first-order valence-corrected chi connectivity index (χ1v) is 9.31. The quantitative estimate of drug-likeness (QED) is 0.537. The van der Waals surface area contributed by atoms with Crippen molar-refractivity contribution in [3.8, 4) is 17.2 Å². The van der Waals surface area contributed by atoms with Gasteiger partial charge in [-0.15, -0.1) is 5.10 Å². The number of nitrogens with zero attached hydrogens (tertiary/aromatic N) is 6. The van der Waals surface area contributed by atoms with Gasteiger partial charge in [0, 0.05) is 31.6 Å². The molecule has 0 saturated heterocycles. The van der Waals surface area contributed by atoms with Crippen molar-refractivity contribution in [3.63, 3.8) is 0 Å². The average Bonchev–Trinajstić information content (AvgIpc) is 3.19. The molecule has 0 aliphatic carbocycles. The smallest absolute Gasteiger partial charge is 0.222 e. The minimum absolute atomic E-state index is 0.597. The Balaban J connectivity index is 1.66. The fourth-order valence-electron chi connectivity index (χ4n) is 2.88. The van der Waals surface area contributed by atoms with Gasteiger partial charge in [0.1, 0.15) is 0 Å². The minimum Gasteiger partial charge on any atom is -0.355 e. The van der Waals surface area contributed by atoms with Crippen LogP contribution < -0.4 is 5.32 Å². The lowest BCUT2D eigenvalue weighted by Gasteiger charge is -2.05. The summed E-state index contributed by atoms with van der Waals surface area (Å²) in [5, 5.41) is 7.80. The number of aryl methyl sites for hydroxylation is 2. The van der Waals surface area contributed by atoms with Crippen LogP contribution in [0.4, 0.5) is 5.95 Å². The maximum atomic E-state index is 4.76.